The molecule has 1 atom stereocenters. The molecule has 1 unspecified atom stereocenters. The third-order valence-corrected chi connectivity index (χ3v) is 5.12. The van der Waals surface area contributed by atoms with Crippen molar-refractivity contribution in [2.75, 3.05) is 6.54 Å². The smallest absolute Gasteiger partial charge is 0.0936 e. The summed E-state index contributed by atoms with van der Waals surface area (Å²) in [6, 6.07) is 0. The van der Waals surface area contributed by atoms with E-state index in [1.807, 2.05) is 11.3 Å². The van der Waals surface area contributed by atoms with E-state index < -0.39 is 0 Å². The van der Waals surface area contributed by atoms with Gasteiger partial charge >= 0.3 is 0 Å². The molecule has 0 aliphatic carbocycles. The van der Waals surface area contributed by atoms with Crippen molar-refractivity contribution in [3.63, 3.8) is 0 Å². The van der Waals surface area contributed by atoms with Crippen molar-refractivity contribution in [2.24, 2.45) is 11.3 Å². The van der Waals surface area contributed by atoms with Crippen LogP contribution in [0.2, 0.25) is 0 Å². The van der Waals surface area contributed by atoms with E-state index in [0.717, 1.165) is 13.0 Å². The van der Waals surface area contributed by atoms with Crippen LogP contribution in [0.4, 0.5) is 0 Å². The minimum absolute atomic E-state index is 0.171. The summed E-state index contributed by atoms with van der Waals surface area (Å²) < 4.78 is 0. The zero-order valence-electron chi connectivity index (χ0n) is 13.8. The fourth-order valence-corrected chi connectivity index (χ4v) is 3.03. The van der Waals surface area contributed by atoms with Crippen LogP contribution in [0.25, 0.3) is 0 Å². The lowest BCUT2D eigenvalue weighted by molar-refractivity contribution is 0.187. The van der Waals surface area contributed by atoms with Crippen molar-refractivity contribution >= 4 is 11.3 Å². The van der Waals surface area contributed by atoms with Crippen molar-refractivity contribution < 1.29 is 0 Å². The highest BCUT2D eigenvalue weighted by Crippen LogP contribution is 2.33. The Balaban J connectivity index is 2.81. The van der Waals surface area contributed by atoms with E-state index in [1.54, 1.807) is 0 Å². The monoisotopic (exact) mass is 282 g/mol. The minimum atomic E-state index is 0.171. The Morgan fingerprint density at radius 2 is 1.74 bits per heavy atom. The SMILES string of the molecule is Cc1nc(CC(C)(CNC(C)(C)C)C(C)C)sc1C. The van der Waals surface area contributed by atoms with Crippen LogP contribution in [0.1, 0.15) is 57.1 Å². The number of nitrogens with zero attached hydrogens (tertiary/aromatic N) is 1. The molecule has 0 bridgehead atoms. The Morgan fingerprint density at radius 3 is 2.11 bits per heavy atom. The summed E-state index contributed by atoms with van der Waals surface area (Å²) in [5.74, 6) is 0.631. The Bertz CT molecular complexity index is 395. The molecule has 0 aliphatic rings. The Labute approximate surface area is 123 Å². The van der Waals surface area contributed by atoms with Gasteiger partial charge < -0.3 is 5.32 Å². The van der Waals surface area contributed by atoms with Gasteiger partial charge in [0.15, 0.2) is 0 Å². The molecule has 0 radical (unpaired) electrons. The van der Waals surface area contributed by atoms with Crippen molar-refractivity contribution in [3.8, 4) is 0 Å². The molecule has 0 saturated carbocycles. The molecular formula is C16H30N2S. The first-order valence-corrected chi connectivity index (χ1v) is 8.03. The zero-order chi connectivity index (χ0) is 14.8. The number of aromatic nitrogens is 1. The Kier molecular flexibility index (Phi) is 5.19. The van der Waals surface area contributed by atoms with E-state index in [0.29, 0.717) is 5.92 Å². The molecular weight excluding hydrogens is 252 g/mol. The van der Waals surface area contributed by atoms with Gasteiger partial charge in [-0.05, 0) is 46.0 Å². The first kappa shape index (κ1) is 16.6. The van der Waals surface area contributed by atoms with Gasteiger partial charge in [-0.3, -0.25) is 0 Å². The van der Waals surface area contributed by atoms with Crippen LogP contribution in [0.15, 0.2) is 0 Å². The number of aryl methyl sites for hydroxylation is 2. The molecule has 0 aromatic carbocycles. The van der Waals surface area contributed by atoms with Gasteiger partial charge in [0.05, 0.1) is 10.7 Å². The Morgan fingerprint density at radius 1 is 1.16 bits per heavy atom. The normalized spacial score (nSPS) is 15.8. The maximum Gasteiger partial charge on any atom is 0.0936 e. The molecule has 0 fully saturated rings. The molecule has 1 heterocycles. The van der Waals surface area contributed by atoms with Gasteiger partial charge in [-0.2, -0.15) is 0 Å². The van der Waals surface area contributed by atoms with Crippen molar-refractivity contribution in [1.29, 1.82) is 0 Å². The summed E-state index contributed by atoms with van der Waals surface area (Å²) in [5, 5.41) is 4.94. The van der Waals surface area contributed by atoms with Crippen LogP contribution in [0.3, 0.4) is 0 Å². The van der Waals surface area contributed by atoms with E-state index in [9.17, 15) is 0 Å². The number of hydrogen-bond donors (Lipinski definition) is 1. The number of hydrogen-bond acceptors (Lipinski definition) is 3. The van der Waals surface area contributed by atoms with Crippen LogP contribution in [0.5, 0.6) is 0 Å². The summed E-state index contributed by atoms with van der Waals surface area (Å²) in [6.07, 6.45) is 1.06. The number of thiazole rings is 1. The minimum Gasteiger partial charge on any atom is -0.312 e. The second-order valence-corrected chi connectivity index (χ2v) is 8.63. The summed E-state index contributed by atoms with van der Waals surface area (Å²) in [6.45, 7) is 19.0. The third kappa shape index (κ3) is 4.88. The fraction of sp³-hybridized carbons (Fsp3) is 0.812. The lowest BCUT2D eigenvalue weighted by atomic mass is 9.76. The molecule has 0 spiro atoms. The lowest BCUT2D eigenvalue weighted by Gasteiger charge is -2.36. The van der Waals surface area contributed by atoms with Gasteiger partial charge in [0.25, 0.3) is 0 Å². The van der Waals surface area contributed by atoms with Crippen LogP contribution in [-0.4, -0.2) is 17.1 Å². The van der Waals surface area contributed by atoms with E-state index in [1.165, 1.54) is 15.6 Å². The van der Waals surface area contributed by atoms with Crippen molar-refractivity contribution in [1.82, 2.24) is 10.3 Å². The van der Waals surface area contributed by atoms with E-state index in [2.05, 4.69) is 60.7 Å². The summed E-state index contributed by atoms with van der Waals surface area (Å²) in [5.41, 5.74) is 1.62. The summed E-state index contributed by atoms with van der Waals surface area (Å²) >= 11 is 1.85. The highest BCUT2D eigenvalue weighted by molar-refractivity contribution is 7.11. The summed E-state index contributed by atoms with van der Waals surface area (Å²) in [4.78, 5) is 6.06. The van der Waals surface area contributed by atoms with Crippen molar-refractivity contribution in [2.45, 2.75) is 67.3 Å². The van der Waals surface area contributed by atoms with Gasteiger partial charge in [0.1, 0.15) is 0 Å². The second-order valence-electron chi connectivity index (χ2n) is 7.34. The van der Waals surface area contributed by atoms with Crippen LogP contribution >= 0.6 is 11.3 Å². The van der Waals surface area contributed by atoms with E-state index >= 15 is 0 Å². The predicted octanol–water partition coefficient (Wildman–Crippen LogP) is 4.35. The van der Waals surface area contributed by atoms with Gasteiger partial charge in [-0.25, -0.2) is 4.98 Å². The quantitative estimate of drug-likeness (QED) is 0.868. The molecule has 1 aromatic rings. The molecule has 2 nitrogen and oxygen atoms in total. The van der Waals surface area contributed by atoms with Gasteiger partial charge in [0, 0.05) is 23.4 Å². The molecule has 1 rings (SSSR count). The first-order chi connectivity index (χ1) is 8.53. The lowest BCUT2D eigenvalue weighted by Crippen LogP contribution is -2.45. The fourth-order valence-electron chi connectivity index (χ4n) is 1.90. The molecule has 1 aromatic heterocycles. The second kappa shape index (κ2) is 5.92. The first-order valence-electron chi connectivity index (χ1n) is 7.21. The summed E-state index contributed by atoms with van der Waals surface area (Å²) in [7, 11) is 0. The Hall–Kier alpha value is -0.410. The number of nitrogens with one attached hydrogen (secondary N) is 1. The van der Waals surface area contributed by atoms with Gasteiger partial charge in [-0.15, -0.1) is 11.3 Å². The largest absolute Gasteiger partial charge is 0.312 e. The maximum atomic E-state index is 4.71. The molecule has 0 aliphatic heterocycles. The molecule has 0 amide bonds. The standard InChI is InChI=1S/C16H30N2S/c1-11(2)16(8,10-17-15(5,6)7)9-14-18-12(3)13(4)19-14/h11,17H,9-10H2,1-8H3. The molecule has 1 N–H and O–H groups in total. The molecule has 3 heteroatoms. The van der Waals surface area contributed by atoms with Crippen LogP contribution < -0.4 is 5.32 Å². The topological polar surface area (TPSA) is 24.9 Å². The van der Waals surface area contributed by atoms with Gasteiger partial charge in [0.2, 0.25) is 0 Å². The van der Waals surface area contributed by atoms with Crippen molar-refractivity contribution in [3.05, 3.63) is 15.6 Å². The zero-order valence-corrected chi connectivity index (χ0v) is 14.7. The number of rotatable bonds is 5. The average Bonchev–Trinajstić information content (AvgIpc) is 2.54. The maximum absolute atomic E-state index is 4.71. The predicted molar refractivity (Wildman–Crippen MR) is 86.0 cm³/mol. The molecule has 19 heavy (non-hydrogen) atoms. The average molecular weight is 282 g/mol. The van der Waals surface area contributed by atoms with E-state index in [-0.39, 0.29) is 11.0 Å². The highest BCUT2D eigenvalue weighted by Gasteiger charge is 2.31. The van der Waals surface area contributed by atoms with E-state index in [4.69, 9.17) is 4.98 Å². The van der Waals surface area contributed by atoms with Gasteiger partial charge in [-0.1, -0.05) is 20.8 Å². The third-order valence-electron chi connectivity index (χ3n) is 4.04. The van der Waals surface area contributed by atoms with Crippen LogP contribution in [0, 0.1) is 25.2 Å². The van der Waals surface area contributed by atoms with Crippen LogP contribution in [-0.2, 0) is 6.42 Å². The molecule has 110 valence electrons. The molecule has 0 saturated heterocycles. The highest BCUT2D eigenvalue weighted by atomic mass is 32.1.